The number of amides is 3. The summed E-state index contributed by atoms with van der Waals surface area (Å²) in [7, 11) is 0. The molecule has 8 rings (SSSR count). The van der Waals surface area contributed by atoms with Crippen molar-refractivity contribution in [2.45, 2.75) is 44.9 Å². The molecule has 2 saturated heterocycles. The van der Waals surface area contributed by atoms with Crippen LogP contribution in [-0.4, -0.2) is 83.9 Å². The quantitative estimate of drug-likeness (QED) is 0.343. The summed E-state index contributed by atoms with van der Waals surface area (Å²) >= 11 is 0. The zero-order chi connectivity index (χ0) is 32.4. The molecule has 2 fully saturated rings. The Labute approximate surface area is 272 Å². The Morgan fingerprint density at radius 2 is 1.62 bits per heavy atom. The molecule has 4 aliphatic rings. The third kappa shape index (κ3) is 5.10. The van der Waals surface area contributed by atoms with Crippen molar-refractivity contribution in [3.05, 3.63) is 83.6 Å². The first kappa shape index (κ1) is 29.2. The van der Waals surface area contributed by atoms with Gasteiger partial charge in [-0.1, -0.05) is 24.3 Å². The summed E-state index contributed by atoms with van der Waals surface area (Å²) in [4.78, 5) is 51.8. The number of hydrogen-bond acceptors (Lipinski definition) is 7. The van der Waals surface area contributed by atoms with Crippen molar-refractivity contribution in [2.75, 3.05) is 49.3 Å². The van der Waals surface area contributed by atoms with Gasteiger partial charge in [0.15, 0.2) is 11.5 Å². The van der Waals surface area contributed by atoms with Gasteiger partial charge in [-0.3, -0.25) is 9.59 Å². The molecule has 0 spiro atoms. The van der Waals surface area contributed by atoms with E-state index in [-0.39, 0.29) is 31.2 Å². The molecule has 2 atom stereocenters. The molecule has 11 heteroatoms. The average Bonchev–Trinajstić information content (AvgIpc) is 3.69. The zero-order valence-corrected chi connectivity index (χ0v) is 26.7. The first-order valence-corrected chi connectivity index (χ1v) is 16.1. The standard InChI is InChI=1S/C36H37N5O6/c1-36(2,3)47-35(44)39-16-14-38(15-17-39)23-9-11-24(12-10-23)40-20-31(42)41-28(34(40)43)19-26-25-6-4-5-7-27(25)37-32(26)33(41)22-8-13-29-30(18-22)46-21-45-29/h4-13,18,28,33,37H,14-17,19-21H2,1-3H3/t28-,33-/m1/s1. The Hall–Kier alpha value is -5.19. The van der Waals surface area contributed by atoms with Gasteiger partial charge in [-0.05, 0) is 74.4 Å². The van der Waals surface area contributed by atoms with Gasteiger partial charge >= 0.3 is 6.09 Å². The van der Waals surface area contributed by atoms with Gasteiger partial charge in [-0.25, -0.2) is 4.79 Å². The third-order valence-corrected chi connectivity index (χ3v) is 9.43. The van der Waals surface area contributed by atoms with Crippen molar-refractivity contribution in [3.63, 3.8) is 0 Å². The minimum Gasteiger partial charge on any atom is -0.454 e. The summed E-state index contributed by atoms with van der Waals surface area (Å²) in [5, 5.41) is 1.06. The number of hydrogen-bond donors (Lipinski definition) is 1. The lowest BCUT2D eigenvalue weighted by molar-refractivity contribution is -0.145. The van der Waals surface area contributed by atoms with Crippen molar-refractivity contribution in [3.8, 4) is 11.5 Å². The molecule has 1 aromatic heterocycles. The van der Waals surface area contributed by atoms with E-state index >= 15 is 0 Å². The molecular weight excluding hydrogens is 598 g/mol. The summed E-state index contributed by atoms with van der Waals surface area (Å²) in [6.07, 6.45) is 0.125. The van der Waals surface area contributed by atoms with Crippen LogP contribution in [0, 0.1) is 0 Å². The van der Waals surface area contributed by atoms with Gasteiger partial charge in [0.25, 0.3) is 5.91 Å². The number of benzene rings is 3. The highest BCUT2D eigenvalue weighted by Gasteiger charge is 2.48. The van der Waals surface area contributed by atoms with E-state index in [2.05, 4.69) is 16.0 Å². The van der Waals surface area contributed by atoms with Crippen LogP contribution in [0.5, 0.6) is 11.5 Å². The number of H-pyrrole nitrogens is 1. The van der Waals surface area contributed by atoms with E-state index in [1.54, 1.807) is 14.7 Å². The van der Waals surface area contributed by atoms with Crippen LogP contribution in [0.1, 0.15) is 43.6 Å². The van der Waals surface area contributed by atoms with E-state index < -0.39 is 17.7 Å². The molecule has 1 N–H and O–H groups in total. The summed E-state index contributed by atoms with van der Waals surface area (Å²) in [5.74, 6) is 1.07. The largest absolute Gasteiger partial charge is 0.454 e. The lowest BCUT2D eigenvalue weighted by Crippen LogP contribution is -2.63. The number of piperazine rings is 2. The van der Waals surface area contributed by atoms with Gasteiger partial charge in [0.05, 0.1) is 6.04 Å². The van der Waals surface area contributed by atoms with Crippen LogP contribution in [0.2, 0.25) is 0 Å². The van der Waals surface area contributed by atoms with Crippen molar-refractivity contribution in [1.82, 2.24) is 14.8 Å². The van der Waals surface area contributed by atoms with E-state index in [1.807, 2.05) is 81.4 Å². The predicted molar refractivity (Wildman–Crippen MR) is 176 cm³/mol. The number of anilines is 2. The molecule has 0 unspecified atom stereocenters. The van der Waals surface area contributed by atoms with Crippen molar-refractivity contribution < 1.29 is 28.6 Å². The van der Waals surface area contributed by atoms with Crippen LogP contribution in [0.15, 0.2) is 66.7 Å². The molecule has 0 radical (unpaired) electrons. The fraction of sp³-hybridized carbons (Fsp3) is 0.361. The summed E-state index contributed by atoms with van der Waals surface area (Å²) in [6.45, 7) is 8.17. The van der Waals surface area contributed by atoms with Gasteiger partial charge in [-0.15, -0.1) is 0 Å². The molecule has 0 saturated carbocycles. The molecule has 0 aliphatic carbocycles. The highest BCUT2D eigenvalue weighted by Crippen LogP contribution is 2.45. The summed E-state index contributed by atoms with van der Waals surface area (Å²) in [5.41, 5.74) is 4.96. The molecule has 11 nitrogen and oxygen atoms in total. The van der Waals surface area contributed by atoms with Gasteiger partial charge in [0.1, 0.15) is 18.2 Å². The van der Waals surface area contributed by atoms with Gasteiger partial charge in [-0.2, -0.15) is 0 Å². The molecule has 0 bridgehead atoms. The summed E-state index contributed by atoms with van der Waals surface area (Å²) < 4.78 is 16.8. The zero-order valence-electron chi connectivity index (χ0n) is 26.7. The molecule has 242 valence electrons. The van der Waals surface area contributed by atoms with Crippen molar-refractivity contribution in [1.29, 1.82) is 0 Å². The van der Waals surface area contributed by atoms with Crippen LogP contribution in [0.25, 0.3) is 10.9 Å². The van der Waals surface area contributed by atoms with Gasteiger partial charge in [0.2, 0.25) is 12.7 Å². The van der Waals surface area contributed by atoms with Crippen molar-refractivity contribution >= 4 is 40.2 Å². The Morgan fingerprint density at radius 1 is 0.894 bits per heavy atom. The van der Waals surface area contributed by atoms with Crippen molar-refractivity contribution in [2.24, 2.45) is 0 Å². The van der Waals surface area contributed by atoms with E-state index in [1.165, 1.54) is 0 Å². The first-order valence-electron chi connectivity index (χ1n) is 16.1. The number of aromatic nitrogens is 1. The average molecular weight is 636 g/mol. The Balaban J connectivity index is 1.05. The lowest BCUT2D eigenvalue weighted by atomic mass is 9.86. The lowest BCUT2D eigenvalue weighted by Gasteiger charge is -2.47. The van der Waals surface area contributed by atoms with Crippen LogP contribution >= 0.6 is 0 Å². The Kier molecular flexibility index (Phi) is 6.82. The fourth-order valence-corrected chi connectivity index (χ4v) is 7.23. The minimum atomic E-state index is -0.668. The minimum absolute atomic E-state index is 0.0557. The normalized spacial score (nSPS) is 20.8. The number of rotatable bonds is 3. The molecule has 5 heterocycles. The predicted octanol–water partition coefficient (Wildman–Crippen LogP) is 4.84. The maximum atomic E-state index is 14.3. The molecule has 3 aromatic carbocycles. The highest BCUT2D eigenvalue weighted by atomic mass is 16.7. The second kappa shape index (κ2) is 11.0. The van der Waals surface area contributed by atoms with E-state index in [4.69, 9.17) is 14.2 Å². The monoisotopic (exact) mass is 635 g/mol. The van der Waals surface area contributed by atoms with Crippen LogP contribution in [-0.2, 0) is 20.7 Å². The van der Waals surface area contributed by atoms with Crippen LogP contribution < -0.4 is 19.3 Å². The van der Waals surface area contributed by atoms with Gasteiger partial charge < -0.3 is 38.8 Å². The molecule has 47 heavy (non-hydrogen) atoms. The number of nitrogens with one attached hydrogen (secondary N) is 1. The number of ether oxygens (including phenoxy) is 3. The number of para-hydroxylation sites is 1. The Morgan fingerprint density at radius 3 is 2.38 bits per heavy atom. The van der Waals surface area contributed by atoms with E-state index in [0.717, 1.165) is 33.4 Å². The van der Waals surface area contributed by atoms with E-state index in [9.17, 15) is 14.4 Å². The third-order valence-electron chi connectivity index (χ3n) is 9.43. The smallest absolute Gasteiger partial charge is 0.410 e. The molecule has 4 aromatic rings. The number of nitrogens with zero attached hydrogens (tertiary/aromatic N) is 4. The van der Waals surface area contributed by atoms with Crippen LogP contribution in [0.3, 0.4) is 0 Å². The highest BCUT2D eigenvalue weighted by molar-refractivity contribution is 6.08. The molecule has 3 amide bonds. The van der Waals surface area contributed by atoms with E-state index in [0.29, 0.717) is 49.8 Å². The first-order chi connectivity index (χ1) is 22.6. The second-order valence-electron chi connectivity index (χ2n) is 13.5. The maximum Gasteiger partial charge on any atom is 0.410 e. The number of aromatic amines is 1. The maximum absolute atomic E-state index is 14.3. The van der Waals surface area contributed by atoms with Crippen LogP contribution in [0.4, 0.5) is 16.2 Å². The topological polar surface area (TPSA) is 108 Å². The number of carbonyl (C=O) groups excluding carboxylic acids is 3. The molecular formula is C36H37N5O6. The van der Waals surface area contributed by atoms with Gasteiger partial charge in [0, 0.05) is 60.6 Å². The Bertz CT molecular complexity index is 1890. The second-order valence-corrected chi connectivity index (χ2v) is 13.5. The number of carbonyl (C=O) groups is 3. The summed E-state index contributed by atoms with van der Waals surface area (Å²) in [6, 6.07) is 20.4. The fourth-order valence-electron chi connectivity index (χ4n) is 7.23. The molecule has 4 aliphatic heterocycles. The number of fused-ring (bicyclic) bond motifs is 5. The SMILES string of the molecule is CC(C)(C)OC(=O)N1CCN(c2ccc(N3CC(=O)N4[C@H](c5ccc6c(c5)OCO6)c5[nH]c6ccccc6c5C[C@@H]4C3=O)cc2)CC1.